The Hall–Kier alpha value is -0.570. The minimum absolute atomic E-state index is 0.250. The standard InChI is InChI=1S/C9H16N2O.2C2H6/c1-11-4-2-9(3-5-11)6-8(12)10-7-9;2*1-2/h2-7H2,1H3,(H,10,12);2*1-2H3. The first-order valence-corrected chi connectivity index (χ1v) is 6.66. The van der Waals surface area contributed by atoms with E-state index in [9.17, 15) is 4.79 Å². The van der Waals surface area contributed by atoms with Gasteiger partial charge in [-0.25, -0.2) is 0 Å². The molecule has 3 nitrogen and oxygen atoms in total. The molecule has 2 heterocycles. The number of carbonyl (C=O) groups is 1. The Morgan fingerprint density at radius 2 is 1.62 bits per heavy atom. The summed E-state index contributed by atoms with van der Waals surface area (Å²) in [5, 5.41) is 2.94. The highest BCUT2D eigenvalue weighted by atomic mass is 16.1. The molecular weight excluding hydrogens is 200 g/mol. The molecule has 2 aliphatic heterocycles. The Kier molecular flexibility index (Phi) is 7.39. The highest BCUT2D eigenvalue weighted by Crippen LogP contribution is 2.36. The molecule has 1 amide bonds. The highest BCUT2D eigenvalue weighted by molar-refractivity contribution is 5.79. The molecule has 0 aromatic rings. The van der Waals surface area contributed by atoms with Gasteiger partial charge < -0.3 is 10.2 Å². The van der Waals surface area contributed by atoms with Crippen molar-refractivity contribution in [2.45, 2.75) is 47.0 Å². The van der Waals surface area contributed by atoms with Gasteiger partial charge in [0.15, 0.2) is 0 Å². The molecule has 1 N–H and O–H groups in total. The number of likely N-dealkylation sites (tertiary alicyclic amines) is 1. The molecule has 0 atom stereocenters. The van der Waals surface area contributed by atoms with Crippen molar-refractivity contribution >= 4 is 5.91 Å². The average molecular weight is 228 g/mol. The predicted molar refractivity (Wildman–Crippen MR) is 69.5 cm³/mol. The number of amides is 1. The van der Waals surface area contributed by atoms with Gasteiger partial charge in [0.2, 0.25) is 5.91 Å². The topological polar surface area (TPSA) is 32.3 Å². The summed E-state index contributed by atoms with van der Waals surface area (Å²) < 4.78 is 0. The van der Waals surface area contributed by atoms with E-state index in [1.165, 1.54) is 12.8 Å². The van der Waals surface area contributed by atoms with Gasteiger partial charge in [0.1, 0.15) is 0 Å². The van der Waals surface area contributed by atoms with Gasteiger partial charge in [0.25, 0.3) is 0 Å². The summed E-state index contributed by atoms with van der Waals surface area (Å²) in [5.41, 5.74) is 0.323. The largest absolute Gasteiger partial charge is 0.356 e. The Morgan fingerprint density at radius 3 is 2.00 bits per heavy atom. The van der Waals surface area contributed by atoms with E-state index in [1.54, 1.807) is 0 Å². The SMILES string of the molecule is CC.CC.CN1CCC2(CC1)CNC(=O)C2. The highest BCUT2D eigenvalue weighted by Gasteiger charge is 2.39. The molecule has 1 spiro atoms. The van der Waals surface area contributed by atoms with E-state index in [-0.39, 0.29) is 5.91 Å². The molecule has 0 aromatic heterocycles. The van der Waals surface area contributed by atoms with E-state index in [2.05, 4.69) is 17.3 Å². The monoisotopic (exact) mass is 228 g/mol. The Labute approximate surface area is 101 Å². The van der Waals surface area contributed by atoms with Crippen molar-refractivity contribution in [1.29, 1.82) is 0 Å². The van der Waals surface area contributed by atoms with Crippen LogP contribution in [0.3, 0.4) is 0 Å². The van der Waals surface area contributed by atoms with Crippen LogP contribution in [0.1, 0.15) is 47.0 Å². The lowest BCUT2D eigenvalue weighted by Gasteiger charge is -2.36. The van der Waals surface area contributed by atoms with Crippen molar-refractivity contribution in [2.75, 3.05) is 26.7 Å². The zero-order valence-corrected chi connectivity index (χ0v) is 11.6. The van der Waals surface area contributed by atoms with Gasteiger partial charge in [0, 0.05) is 13.0 Å². The first kappa shape index (κ1) is 15.4. The summed E-state index contributed by atoms with van der Waals surface area (Å²) in [6.45, 7) is 11.2. The quantitative estimate of drug-likeness (QED) is 0.690. The molecule has 16 heavy (non-hydrogen) atoms. The molecular formula is C13H28N2O. The van der Waals surface area contributed by atoms with E-state index in [0.29, 0.717) is 5.41 Å². The molecule has 2 aliphatic rings. The van der Waals surface area contributed by atoms with Crippen molar-refractivity contribution in [2.24, 2.45) is 5.41 Å². The summed E-state index contributed by atoms with van der Waals surface area (Å²) in [5.74, 6) is 0.250. The minimum atomic E-state index is 0.250. The van der Waals surface area contributed by atoms with E-state index in [1.807, 2.05) is 27.7 Å². The molecule has 3 heteroatoms. The van der Waals surface area contributed by atoms with Crippen molar-refractivity contribution < 1.29 is 4.79 Å². The van der Waals surface area contributed by atoms with Crippen LogP contribution in [-0.2, 0) is 4.79 Å². The van der Waals surface area contributed by atoms with Crippen molar-refractivity contribution in [3.8, 4) is 0 Å². The first-order valence-electron chi connectivity index (χ1n) is 6.66. The van der Waals surface area contributed by atoms with Gasteiger partial charge >= 0.3 is 0 Å². The van der Waals surface area contributed by atoms with Crippen LogP contribution >= 0.6 is 0 Å². The van der Waals surface area contributed by atoms with Gasteiger partial charge in [-0.05, 0) is 38.4 Å². The molecule has 0 radical (unpaired) electrons. The number of rotatable bonds is 0. The van der Waals surface area contributed by atoms with E-state index < -0.39 is 0 Å². The molecule has 0 bridgehead atoms. The maximum absolute atomic E-state index is 11.1. The maximum atomic E-state index is 11.1. The van der Waals surface area contributed by atoms with Gasteiger partial charge in [0.05, 0.1) is 0 Å². The van der Waals surface area contributed by atoms with Crippen LogP contribution in [-0.4, -0.2) is 37.5 Å². The van der Waals surface area contributed by atoms with Gasteiger partial charge in [-0.1, -0.05) is 27.7 Å². The van der Waals surface area contributed by atoms with Crippen LogP contribution in [0.4, 0.5) is 0 Å². The number of hydrogen-bond acceptors (Lipinski definition) is 2. The second kappa shape index (κ2) is 7.66. The lowest BCUT2D eigenvalue weighted by molar-refractivity contribution is -0.119. The maximum Gasteiger partial charge on any atom is 0.220 e. The summed E-state index contributed by atoms with van der Waals surface area (Å²) in [7, 11) is 2.15. The second-order valence-corrected chi connectivity index (χ2v) is 4.26. The van der Waals surface area contributed by atoms with Crippen LogP contribution in [0.5, 0.6) is 0 Å². The Balaban J connectivity index is 0.000000509. The zero-order valence-electron chi connectivity index (χ0n) is 11.6. The number of nitrogens with zero attached hydrogens (tertiary/aromatic N) is 1. The zero-order chi connectivity index (χ0) is 12.6. The summed E-state index contributed by atoms with van der Waals surface area (Å²) in [4.78, 5) is 13.4. The molecule has 96 valence electrons. The molecule has 0 aromatic carbocycles. The van der Waals surface area contributed by atoms with Gasteiger partial charge in [-0.2, -0.15) is 0 Å². The Bertz CT molecular complexity index is 196. The fraction of sp³-hybridized carbons (Fsp3) is 0.923. The summed E-state index contributed by atoms with van der Waals surface area (Å²) in [6, 6.07) is 0. The third kappa shape index (κ3) is 4.12. The summed E-state index contributed by atoms with van der Waals surface area (Å²) >= 11 is 0. The third-order valence-corrected chi connectivity index (χ3v) is 3.24. The van der Waals surface area contributed by atoms with Crippen LogP contribution in [0.25, 0.3) is 0 Å². The first-order chi connectivity index (χ1) is 7.70. The number of nitrogens with one attached hydrogen (secondary N) is 1. The smallest absolute Gasteiger partial charge is 0.220 e. The predicted octanol–water partition coefficient (Wildman–Crippen LogP) is 2.27. The normalized spacial score (nSPS) is 22.7. The molecule has 0 aliphatic carbocycles. The lowest BCUT2D eigenvalue weighted by atomic mass is 9.78. The van der Waals surface area contributed by atoms with E-state index in [0.717, 1.165) is 26.1 Å². The number of carbonyl (C=O) groups excluding carboxylic acids is 1. The molecule has 0 saturated carbocycles. The molecule has 0 unspecified atom stereocenters. The fourth-order valence-corrected chi connectivity index (χ4v) is 2.20. The molecule has 2 saturated heterocycles. The number of piperidine rings is 1. The van der Waals surface area contributed by atoms with E-state index in [4.69, 9.17) is 0 Å². The van der Waals surface area contributed by atoms with Crippen LogP contribution in [0.15, 0.2) is 0 Å². The van der Waals surface area contributed by atoms with Crippen LogP contribution < -0.4 is 5.32 Å². The van der Waals surface area contributed by atoms with Gasteiger partial charge in [-0.3, -0.25) is 4.79 Å². The molecule has 2 fully saturated rings. The molecule has 2 rings (SSSR count). The number of hydrogen-bond donors (Lipinski definition) is 1. The van der Waals surface area contributed by atoms with Crippen molar-refractivity contribution in [3.05, 3.63) is 0 Å². The van der Waals surface area contributed by atoms with E-state index >= 15 is 0 Å². The van der Waals surface area contributed by atoms with Crippen molar-refractivity contribution in [3.63, 3.8) is 0 Å². The average Bonchev–Trinajstić information content (AvgIpc) is 2.71. The lowest BCUT2D eigenvalue weighted by Crippen LogP contribution is -2.39. The second-order valence-electron chi connectivity index (χ2n) is 4.26. The van der Waals surface area contributed by atoms with Crippen molar-refractivity contribution in [1.82, 2.24) is 10.2 Å². The Morgan fingerprint density at radius 1 is 1.12 bits per heavy atom. The minimum Gasteiger partial charge on any atom is -0.356 e. The van der Waals surface area contributed by atoms with Crippen LogP contribution in [0.2, 0.25) is 0 Å². The van der Waals surface area contributed by atoms with Crippen LogP contribution in [0, 0.1) is 5.41 Å². The fourth-order valence-electron chi connectivity index (χ4n) is 2.20. The third-order valence-electron chi connectivity index (χ3n) is 3.24. The summed E-state index contributed by atoms with van der Waals surface area (Å²) in [6.07, 6.45) is 3.13. The van der Waals surface area contributed by atoms with Gasteiger partial charge in [-0.15, -0.1) is 0 Å².